The summed E-state index contributed by atoms with van der Waals surface area (Å²) in [7, 11) is 0. The first-order chi connectivity index (χ1) is 9.38. The van der Waals surface area contributed by atoms with Crippen LogP contribution in [0.2, 0.25) is 0 Å². The van der Waals surface area contributed by atoms with E-state index in [0.29, 0.717) is 0 Å². The van der Waals surface area contributed by atoms with E-state index < -0.39 is 0 Å². The van der Waals surface area contributed by atoms with E-state index in [1.54, 1.807) is 11.8 Å². The van der Waals surface area contributed by atoms with Gasteiger partial charge in [0.1, 0.15) is 0 Å². The summed E-state index contributed by atoms with van der Waals surface area (Å²) in [4.78, 5) is 3.81. The molecule has 1 aromatic carbocycles. The maximum Gasteiger partial charge on any atom is 0.0594 e. The summed E-state index contributed by atoms with van der Waals surface area (Å²) in [5.74, 6) is 0. The molecule has 1 heterocycles. The topological polar surface area (TPSA) is 24.5 Å². The van der Waals surface area contributed by atoms with E-state index in [2.05, 4.69) is 40.7 Å². The van der Waals surface area contributed by atoms with Crippen LogP contribution in [0.15, 0.2) is 29.2 Å². The van der Waals surface area contributed by atoms with Gasteiger partial charge in [-0.25, -0.2) is 0 Å². The van der Waals surface area contributed by atoms with E-state index in [0.717, 1.165) is 39.4 Å². The zero-order valence-corrected chi connectivity index (χ0v) is 15.0. The van der Waals surface area contributed by atoms with Crippen molar-refractivity contribution in [2.75, 3.05) is 45.6 Å². The molecule has 0 unspecified atom stereocenters. The summed E-state index contributed by atoms with van der Waals surface area (Å²) >= 11 is 1.79. The molecule has 21 heavy (non-hydrogen) atoms. The van der Waals surface area contributed by atoms with Gasteiger partial charge in [-0.15, -0.1) is 36.6 Å². The van der Waals surface area contributed by atoms with Crippen LogP contribution in [0.5, 0.6) is 0 Å². The fraction of sp³-hybridized carbons (Fsp3) is 0.600. The number of rotatable bonds is 7. The summed E-state index contributed by atoms with van der Waals surface area (Å²) in [5, 5.41) is 3.51. The SMILES string of the molecule is CSc1ccc(CNCCCN2CCOCC2)cc1.Cl.Cl. The minimum atomic E-state index is 0. The number of thioether (sulfide) groups is 1. The third-order valence-electron chi connectivity index (χ3n) is 3.42. The number of benzene rings is 1. The Bertz CT molecular complexity index is 359. The third kappa shape index (κ3) is 8.29. The van der Waals surface area contributed by atoms with Gasteiger partial charge in [0.15, 0.2) is 0 Å². The Morgan fingerprint density at radius 2 is 1.81 bits per heavy atom. The molecule has 0 bridgehead atoms. The van der Waals surface area contributed by atoms with Crippen LogP contribution in [0.3, 0.4) is 0 Å². The van der Waals surface area contributed by atoms with E-state index in [-0.39, 0.29) is 24.8 Å². The lowest BCUT2D eigenvalue weighted by molar-refractivity contribution is 0.0374. The molecule has 0 atom stereocenters. The van der Waals surface area contributed by atoms with E-state index in [1.807, 2.05) is 0 Å². The highest BCUT2D eigenvalue weighted by Crippen LogP contribution is 2.14. The molecule has 0 spiro atoms. The second-order valence-corrected chi connectivity index (χ2v) is 5.71. The van der Waals surface area contributed by atoms with Gasteiger partial charge in [0.2, 0.25) is 0 Å². The maximum atomic E-state index is 5.34. The van der Waals surface area contributed by atoms with Gasteiger partial charge in [-0.05, 0) is 43.5 Å². The van der Waals surface area contributed by atoms with Gasteiger partial charge in [-0.1, -0.05) is 12.1 Å². The van der Waals surface area contributed by atoms with Gasteiger partial charge in [0, 0.05) is 24.5 Å². The Morgan fingerprint density at radius 1 is 1.14 bits per heavy atom. The number of hydrogen-bond acceptors (Lipinski definition) is 4. The summed E-state index contributed by atoms with van der Waals surface area (Å²) in [6.07, 6.45) is 3.32. The molecule has 0 amide bonds. The van der Waals surface area contributed by atoms with Gasteiger partial charge in [0.05, 0.1) is 13.2 Å². The van der Waals surface area contributed by atoms with E-state index in [4.69, 9.17) is 4.74 Å². The van der Waals surface area contributed by atoms with Gasteiger partial charge in [-0.2, -0.15) is 0 Å². The van der Waals surface area contributed by atoms with Crippen molar-refractivity contribution in [2.45, 2.75) is 17.9 Å². The first kappa shape index (κ1) is 21.0. The Labute approximate surface area is 145 Å². The quantitative estimate of drug-likeness (QED) is 0.602. The third-order valence-corrected chi connectivity index (χ3v) is 4.16. The largest absolute Gasteiger partial charge is 0.379 e. The zero-order chi connectivity index (χ0) is 13.3. The molecule has 1 N–H and O–H groups in total. The van der Waals surface area contributed by atoms with Crippen LogP contribution in [-0.4, -0.2) is 50.5 Å². The van der Waals surface area contributed by atoms with Crippen molar-refractivity contribution >= 4 is 36.6 Å². The first-order valence-electron chi connectivity index (χ1n) is 7.02. The predicted molar refractivity (Wildman–Crippen MR) is 96.3 cm³/mol. The molecule has 2 rings (SSSR count). The van der Waals surface area contributed by atoms with Gasteiger partial charge < -0.3 is 10.1 Å². The van der Waals surface area contributed by atoms with Gasteiger partial charge >= 0.3 is 0 Å². The van der Waals surface area contributed by atoms with Crippen molar-refractivity contribution in [1.29, 1.82) is 0 Å². The highest BCUT2D eigenvalue weighted by atomic mass is 35.5. The van der Waals surface area contributed by atoms with E-state index in [9.17, 15) is 0 Å². The van der Waals surface area contributed by atoms with E-state index in [1.165, 1.54) is 23.4 Å². The predicted octanol–water partition coefficient (Wildman–Crippen LogP) is 3.06. The summed E-state index contributed by atoms with van der Waals surface area (Å²) in [5.41, 5.74) is 1.36. The highest BCUT2D eigenvalue weighted by Gasteiger charge is 2.08. The van der Waals surface area contributed by atoms with Crippen LogP contribution >= 0.6 is 36.6 Å². The fourth-order valence-electron chi connectivity index (χ4n) is 2.23. The smallest absolute Gasteiger partial charge is 0.0594 e. The van der Waals surface area contributed by atoms with Crippen LogP contribution in [0.25, 0.3) is 0 Å². The van der Waals surface area contributed by atoms with Crippen LogP contribution in [0.4, 0.5) is 0 Å². The fourth-order valence-corrected chi connectivity index (χ4v) is 2.64. The van der Waals surface area contributed by atoms with Gasteiger partial charge in [-0.3, -0.25) is 4.90 Å². The zero-order valence-electron chi connectivity index (χ0n) is 12.5. The lowest BCUT2D eigenvalue weighted by atomic mass is 10.2. The minimum Gasteiger partial charge on any atom is -0.379 e. The molecule has 0 saturated carbocycles. The molecule has 0 radical (unpaired) electrons. The van der Waals surface area contributed by atoms with Crippen molar-refractivity contribution in [3.63, 3.8) is 0 Å². The normalized spacial score (nSPS) is 15.1. The Kier molecular flexibility index (Phi) is 12.6. The van der Waals surface area contributed by atoms with E-state index >= 15 is 0 Å². The lowest BCUT2D eigenvalue weighted by Crippen LogP contribution is -2.37. The molecule has 1 aliphatic rings. The molecule has 0 aliphatic carbocycles. The summed E-state index contributed by atoms with van der Waals surface area (Å²) < 4.78 is 5.34. The van der Waals surface area contributed by atoms with Crippen LogP contribution < -0.4 is 5.32 Å². The summed E-state index contributed by atoms with van der Waals surface area (Å²) in [6, 6.07) is 8.80. The number of nitrogens with zero attached hydrogens (tertiary/aromatic N) is 1. The van der Waals surface area contributed by atoms with Crippen LogP contribution in [-0.2, 0) is 11.3 Å². The number of halogens is 2. The number of hydrogen-bond donors (Lipinski definition) is 1. The molecular formula is C15H26Cl2N2OS. The Morgan fingerprint density at radius 3 is 2.43 bits per heavy atom. The molecule has 6 heteroatoms. The number of morpholine rings is 1. The highest BCUT2D eigenvalue weighted by molar-refractivity contribution is 7.98. The average Bonchev–Trinajstić information content (AvgIpc) is 2.49. The lowest BCUT2D eigenvalue weighted by Gasteiger charge is -2.26. The van der Waals surface area contributed by atoms with Crippen molar-refractivity contribution in [2.24, 2.45) is 0 Å². The first-order valence-corrected chi connectivity index (χ1v) is 8.25. The molecule has 122 valence electrons. The molecular weight excluding hydrogens is 327 g/mol. The molecule has 0 aromatic heterocycles. The number of ether oxygens (including phenoxy) is 1. The molecule has 3 nitrogen and oxygen atoms in total. The Balaban J connectivity index is 0.00000200. The monoisotopic (exact) mass is 352 g/mol. The van der Waals surface area contributed by atoms with Crippen LogP contribution in [0.1, 0.15) is 12.0 Å². The summed E-state index contributed by atoms with van der Waals surface area (Å²) in [6.45, 7) is 7.22. The average molecular weight is 353 g/mol. The molecule has 1 aromatic rings. The van der Waals surface area contributed by atoms with Crippen molar-refractivity contribution in [3.8, 4) is 0 Å². The number of nitrogens with one attached hydrogen (secondary N) is 1. The van der Waals surface area contributed by atoms with Crippen molar-refractivity contribution < 1.29 is 4.74 Å². The second-order valence-electron chi connectivity index (χ2n) is 4.83. The second kappa shape index (κ2) is 12.6. The van der Waals surface area contributed by atoms with Crippen LogP contribution in [0, 0.1) is 0 Å². The van der Waals surface area contributed by atoms with Crippen molar-refractivity contribution in [1.82, 2.24) is 10.2 Å². The molecule has 1 saturated heterocycles. The Hall–Kier alpha value is 0.0300. The minimum absolute atomic E-state index is 0. The molecule has 1 fully saturated rings. The molecule has 1 aliphatic heterocycles. The van der Waals surface area contributed by atoms with Gasteiger partial charge in [0.25, 0.3) is 0 Å². The van der Waals surface area contributed by atoms with Crippen molar-refractivity contribution in [3.05, 3.63) is 29.8 Å². The maximum absolute atomic E-state index is 5.34. The standard InChI is InChI=1S/C15H24N2OS.2ClH/c1-19-15-5-3-14(4-6-15)13-16-7-2-8-17-9-11-18-12-10-17;;/h3-6,16H,2,7-13H2,1H3;2*1H.